The number of hydrogen-bond acceptors (Lipinski definition) is 7. The van der Waals surface area contributed by atoms with Crippen LogP contribution < -0.4 is 10.6 Å². The van der Waals surface area contributed by atoms with E-state index < -0.39 is 4.92 Å². The Kier molecular flexibility index (Phi) is 5.67. The lowest BCUT2D eigenvalue weighted by atomic mass is 10.1. The predicted octanol–water partition coefficient (Wildman–Crippen LogP) is 2.99. The number of aromatic nitrogens is 1. The number of nitrogens with one attached hydrogen (secondary N) is 2. The molecule has 1 aromatic carbocycles. The van der Waals surface area contributed by atoms with E-state index in [-0.39, 0.29) is 17.6 Å². The van der Waals surface area contributed by atoms with Gasteiger partial charge in [-0.05, 0) is 38.4 Å². The summed E-state index contributed by atoms with van der Waals surface area (Å²) in [4.78, 5) is 28.1. The third-order valence-electron chi connectivity index (χ3n) is 3.85. The Bertz CT molecular complexity index is 787. The Balaban J connectivity index is 1.78. The largest absolute Gasteiger partial charge is 0.348 e. The van der Waals surface area contributed by atoms with Gasteiger partial charge < -0.3 is 10.6 Å². The first-order chi connectivity index (χ1) is 12.0. The van der Waals surface area contributed by atoms with Crippen LogP contribution in [0.5, 0.6) is 0 Å². The summed E-state index contributed by atoms with van der Waals surface area (Å²) >= 11 is 2.69. The van der Waals surface area contributed by atoms with Gasteiger partial charge in [0.15, 0.2) is 4.34 Å². The maximum Gasteiger partial charge on any atom is 0.284 e. The molecular formula is C16H18N4O3S2. The van der Waals surface area contributed by atoms with E-state index in [0.717, 1.165) is 36.0 Å². The summed E-state index contributed by atoms with van der Waals surface area (Å²) in [7, 11) is 0. The van der Waals surface area contributed by atoms with Crippen molar-refractivity contribution < 1.29 is 9.72 Å². The van der Waals surface area contributed by atoms with Crippen molar-refractivity contribution in [1.82, 2.24) is 15.6 Å². The van der Waals surface area contributed by atoms with Gasteiger partial charge in [-0.1, -0.05) is 11.8 Å². The van der Waals surface area contributed by atoms with Gasteiger partial charge in [-0.2, -0.15) is 0 Å². The minimum atomic E-state index is -0.457. The highest BCUT2D eigenvalue weighted by molar-refractivity contribution is 8.01. The first kappa shape index (κ1) is 17.8. The van der Waals surface area contributed by atoms with E-state index in [0.29, 0.717) is 10.5 Å². The average Bonchev–Trinajstić information content (AvgIpc) is 3.00. The summed E-state index contributed by atoms with van der Waals surface area (Å²) in [5.41, 5.74) is 1.11. The highest BCUT2D eigenvalue weighted by atomic mass is 32.2. The Morgan fingerprint density at radius 2 is 2.36 bits per heavy atom. The molecule has 25 heavy (non-hydrogen) atoms. The maximum absolute atomic E-state index is 12.4. The van der Waals surface area contributed by atoms with Crippen LogP contribution in [-0.4, -0.2) is 34.9 Å². The minimum absolute atomic E-state index is 0.0626. The van der Waals surface area contributed by atoms with Gasteiger partial charge in [0.2, 0.25) is 0 Å². The van der Waals surface area contributed by atoms with Gasteiger partial charge in [0, 0.05) is 35.3 Å². The number of aryl methyl sites for hydroxylation is 1. The smallest absolute Gasteiger partial charge is 0.284 e. The first-order valence-electron chi connectivity index (χ1n) is 7.93. The number of nitro groups is 1. The molecule has 0 radical (unpaired) electrons. The fourth-order valence-electron chi connectivity index (χ4n) is 2.60. The molecule has 1 atom stereocenters. The van der Waals surface area contributed by atoms with Gasteiger partial charge in [-0.15, -0.1) is 11.3 Å². The molecule has 0 saturated carbocycles. The molecule has 1 saturated heterocycles. The van der Waals surface area contributed by atoms with E-state index in [1.165, 1.54) is 29.2 Å². The van der Waals surface area contributed by atoms with E-state index in [2.05, 4.69) is 15.6 Å². The number of carbonyl (C=O) groups excluding carboxylic acids is 1. The predicted molar refractivity (Wildman–Crippen MR) is 97.4 cm³/mol. The number of thiazole rings is 1. The van der Waals surface area contributed by atoms with Crippen LogP contribution in [-0.2, 0) is 0 Å². The zero-order valence-corrected chi connectivity index (χ0v) is 15.3. The lowest BCUT2D eigenvalue weighted by Crippen LogP contribution is -2.45. The molecule has 9 heteroatoms. The van der Waals surface area contributed by atoms with Crippen molar-refractivity contribution in [3.63, 3.8) is 0 Å². The van der Waals surface area contributed by atoms with Gasteiger partial charge in [0.1, 0.15) is 0 Å². The molecule has 0 spiro atoms. The quantitative estimate of drug-likeness (QED) is 0.613. The standard InChI is InChI=1S/C16H18N4O3S2/c1-10-9-24-16(18-10)25-14-5-4-11(7-13(14)20(22)23)15(21)19-12-3-2-6-17-8-12/h4-5,7,9,12,17H,2-3,6,8H2,1H3,(H,19,21)/t12-/m0/s1. The van der Waals surface area contributed by atoms with Gasteiger partial charge in [-0.25, -0.2) is 4.98 Å². The molecule has 1 aromatic heterocycles. The molecule has 1 amide bonds. The fourth-order valence-corrected chi connectivity index (χ4v) is 4.48. The number of piperidine rings is 1. The van der Waals surface area contributed by atoms with Gasteiger partial charge >= 0.3 is 0 Å². The molecular weight excluding hydrogens is 360 g/mol. The summed E-state index contributed by atoms with van der Waals surface area (Å²) in [5, 5.41) is 19.5. The second-order valence-corrected chi connectivity index (χ2v) is 7.96. The molecule has 0 bridgehead atoms. The van der Waals surface area contributed by atoms with Crippen LogP contribution in [0.15, 0.2) is 32.8 Å². The number of rotatable bonds is 5. The summed E-state index contributed by atoms with van der Waals surface area (Å²) in [6.45, 7) is 3.56. The summed E-state index contributed by atoms with van der Waals surface area (Å²) < 4.78 is 0.742. The molecule has 132 valence electrons. The van der Waals surface area contributed by atoms with Crippen LogP contribution in [0.25, 0.3) is 0 Å². The maximum atomic E-state index is 12.4. The molecule has 3 rings (SSSR count). The number of nitro benzene ring substituents is 1. The van der Waals surface area contributed by atoms with E-state index in [4.69, 9.17) is 0 Å². The normalized spacial score (nSPS) is 17.2. The average molecular weight is 378 g/mol. The number of benzene rings is 1. The Morgan fingerprint density at radius 3 is 3.00 bits per heavy atom. The number of nitrogens with zero attached hydrogens (tertiary/aromatic N) is 2. The Morgan fingerprint density at radius 1 is 1.52 bits per heavy atom. The lowest BCUT2D eigenvalue weighted by Gasteiger charge is -2.23. The molecule has 0 unspecified atom stereocenters. The minimum Gasteiger partial charge on any atom is -0.348 e. The highest BCUT2D eigenvalue weighted by Gasteiger charge is 2.21. The molecule has 1 fully saturated rings. The lowest BCUT2D eigenvalue weighted by molar-refractivity contribution is -0.387. The van der Waals surface area contributed by atoms with E-state index in [9.17, 15) is 14.9 Å². The first-order valence-corrected chi connectivity index (χ1v) is 9.62. The van der Waals surface area contributed by atoms with Crippen LogP contribution in [0.4, 0.5) is 5.69 Å². The second kappa shape index (κ2) is 7.94. The van der Waals surface area contributed by atoms with Crippen molar-refractivity contribution >= 4 is 34.7 Å². The van der Waals surface area contributed by atoms with Crippen molar-refractivity contribution in [1.29, 1.82) is 0 Å². The van der Waals surface area contributed by atoms with Crippen LogP contribution in [0.3, 0.4) is 0 Å². The number of amides is 1. The van der Waals surface area contributed by atoms with E-state index in [1.807, 2.05) is 12.3 Å². The zero-order valence-electron chi connectivity index (χ0n) is 13.7. The van der Waals surface area contributed by atoms with Crippen molar-refractivity contribution in [2.75, 3.05) is 13.1 Å². The monoisotopic (exact) mass is 378 g/mol. The SMILES string of the molecule is Cc1csc(Sc2ccc(C(=O)N[C@H]3CCCNC3)cc2[N+](=O)[O-])n1. The van der Waals surface area contributed by atoms with Gasteiger partial charge in [-0.3, -0.25) is 14.9 Å². The highest BCUT2D eigenvalue weighted by Crippen LogP contribution is 2.36. The third-order valence-corrected chi connectivity index (χ3v) is 5.97. The van der Waals surface area contributed by atoms with Crippen molar-refractivity contribution in [3.05, 3.63) is 45.0 Å². The number of carbonyl (C=O) groups is 1. The topological polar surface area (TPSA) is 97.2 Å². The third kappa shape index (κ3) is 4.56. The van der Waals surface area contributed by atoms with Crippen LogP contribution >= 0.6 is 23.1 Å². The van der Waals surface area contributed by atoms with E-state index >= 15 is 0 Å². The van der Waals surface area contributed by atoms with Crippen LogP contribution in [0, 0.1) is 17.0 Å². The van der Waals surface area contributed by atoms with Crippen LogP contribution in [0.2, 0.25) is 0 Å². The van der Waals surface area contributed by atoms with Gasteiger partial charge in [0.05, 0.1) is 9.82 Å². The summed E-state index contributed by atoms with van der Waals surface area (Å²) in [6, 6.07) is 4.65. The summed E-state index contributed by atoms with van der Waals surface area (Å²) in [6.07, 6.45) is 1.92. The molecule has 2 heterocycles. The number of hydrogen-bond donors (Lipinski definition) is 2. The zero-order chi connectivity index (χ0) is 17.8. The van der Waals surface area contributed by atoms with Gasteiger partial charge in [0.25, 0.3) is 11.6 Å². The van der Waals surface area contributed by atoms with Crippen molar-refractivity contribution in [3.8, 4) is 0 Å². The van der Waals surface area contributed by atoms with Crippen molar-refractivity contribution in [2.24, 2.45) is 0 Å². The fraction of sp³-hybridized carbons (Fsp3) is 0.375. The Hall–Kier alpha value is -1.97. The molecule has 2 aromatic rings. The molecule has 0 aliphatic carbocycles. The Labute approximate surface area is 153 Å². The van der Waals surface area contributed by atoms with E-state index in [1.54, 1.807) is 12.1 Å². The second-order valence-electron chi connectivity index (χ2n) is 5.81. The molecule has 2 N–H and O–H groups in total. The molecule has 1 aliphatic rings. The van der Waals surface area contributed by atoms with Crippen LogP contribution in [0.1, 0.15) is 28.9 Å². The summed E-state index contributed by atoms with van der Waals surface area (Å²) in [5.74, 6) is -0.279. The van der Waals surface area contributed by atoms with Crippen molar-refractivity contribution in [2.45, 2.75) is 35.0 Å². The molecule has 1 aliphatic heterocycles. The molecule has 7 nitrogen and oxygen atoms in total.